The third-order valence-corrected chi connectivity index (χ3v) is 10.3. The molecule has 0 aromatic heterocycles. The summed E-state index contributed by atoms with van der Waals surface area (Å²) in [7, 11) is -10.5. The summed E-state index contributed by atoms with van der Waals surface area (Å²) >= 11 is 1.33. The molecule has 1 heterocycles. The Morgan fingerprint density at radius 2 is 1.81 bits per heavy atom. The number of morpholine rings is 1. The molecule has 0 bridgehead atoms. The Hall–Kier alpha value is -2.37. The van der Waals surface area contributed by atoms with E-state index in [1.165, 1.54) is 11.8 Å². The van der Waals surface area contributed by atoms with Gasteiger partial charge in [0.1, 0.15) is 4.90 Å². The van der Waals surface area contributed by atoms with Gasteiger partial charge in [-0.2, -0.15) is 13.2 Å². The Morgan fingerprint density at radius 3 is 2.40 bits per heavy atom. The number of nitrogens with two attached hydrogens (primary N) is 1. The van der Waals surface area contributed by atoms with Crippen LogP contribution < -0.4 is 10.5 Å². The molecule has 1 saturated heterocycles. The summed E-state index contributed by atoms with van der Waals surface area (Å²) in [5, 5.41) is 7.84. The lowest BCUT2D eigenvalue weighted by atomic mass is 10.1. The molecule has 3 rings (SSSR count). The van der Waals surface area contributed by atoms with Crippen molar-refractivity contribution < 1.29 is 39.5 Å². The van der Waals surface area contributed by atoms with Crippen LogP contribution in [-0.2, 0) is 29.4 Å². The second kappa shape index (κ2) is 14.4. The van der Waals surface area contributed by atoms with E-state index in [1.54, 1.807) is 17.0 Å². The van der Waals surface area contributed by atoms with Gasteiger partial charge in [0.05, 0.1) is 23.3 Å². The van der Waals surface area contributed by atoms with Gasteiger partial charge in [-0.25, -0.2) is 22.0 Å². The van der Waals surface area contributed by atoms with E-state index in [0.29, 0.717) is 32.3 Å². The molecule has 1 amide bonds. The maximum Gasteiger partial charge on any atom is 0.501 e. The molecule has 2 unspecified atom stereocenters. The number of nitrogens with zero attached hydrogens (tertiary/aromatic N) is 2. The third kappa shape index (κ3) is 9.07. The Kier molecular flexibility index (Phi) is 11.7. The van der Waals surface area contributed by atoms with Crippen LogP contribution in [0.4, 0.5) is 18.9 Å². The minimum atomic E-state index is -5.98. The summed E-state index contributed by atoms with van der Waals surface area (Å²) in [5.74, 6) is -0.0961. The van der Waals surface area contributed by atoms with E-state index in [9.17, 15) is 34.8 Å². The standard InChI is InChI=1S/C26H35F3N4O6S3/c1-3-32(4-2)16-20-17-33(12-13-39-20)25(34)14-19(18-40-21-8-6-5-7-9-21)31-23-11-10-22(42(30,37)38)15-24(23)41(35,36)26(27,28)29/h5-11,15,19-20,31H,3-4,12-14,16-18H2,1-2H3,(H2,30,37,38). The normalized spacial score (nSPS) is 17.3. The maximum absolute atomic E-state index is 13.6. The first kappa shape index (κ1) is 34.1. The molecule has 42 heavy (non-hydrogen) atoms. The minimum absolute atomic E-state index is 0.166. The first-order valence-corrected chi connectivity index (χ1v) is 17.2. The lowest BCUT2D eigenvalue weighted by Gasteiger charge is -2.36. The molecule has 1 aliphatic rings. The van der Waals surface area contributed by atoms with Gasteiger partial charge in [-0.15, -0.1) is 11.8 Å². The van der Waals surface area contributed by atoms with E-state index in [1.807, 2.05) is 32.0 Å². The fourth-order valence-electron chi connectivity index (χ4n) is 4.40. The zero-order valence-corrected chi connectivity index (χ0v) is 25.7. The van der Waals surface area contributed by atoms with Crippen LogP contribution >= 0.6 is 11.8 Å². The summed E-state index contributed by atoms with van der Waals surface area (Å²) in [4.78, 5) is 16.0. The molecule has 0 aliphatic carbocycles. The number of likely N-dealkylation sites (N-methyl/N-ethyl adjacent to an activating group) is 1. The van der Waals surface area contributed by atoms with Crippen LogP contribution in [-0.4, -0.2) is 95.3 Å². The largest absolute Gasteiger partial charge is 0.501 e. The van der Waals surface area contributed by atoms with E-state index in [-0.39, 0.29) is 24.2 Å². The Labute approximate surface area is 248 Å². The number of halogens is 3. The highest BCUT2D eigenvalue weighted by Crippen LogP contribution is 2.36. The van der Waals surface area contributed by atoms with Crippen LogP contribution in [0.5, 0.6) is 0 Å². The third-order valence-electron chi connectivity index (χ3n) is 6.70. The van der Waals surface area contributed by atoms with Gasteiger partial charge in [0.25, 0.3) is 9.84 Å². The van der Waals surface area contributed by atoms with Gasteiger partial charge in [0.15, 0.2) is 0 Å². The number of benzene rings is 2. The Morgan fingerprint density at radius 1 is 1.14 bits per heavy atom. The van der Waals surface area contributed by atoms with Crippen molar-refractivity contribution in [3.63, 3.8) is 0 Å². The molecule has 3 N–H and O–H groups in total. The van der Waals surface area contributed by atoms with Gasteiger partial charge in [0, 0.05) is 42.7 Å². The van der Waals surface area contributed by atoms with Gasteiger partial charge in [0.2, 0.25) is 15.9 Å². The molecule has 0 radical (unpaired) electrons. The number of alkyl halides is 3. The number of carbonyl (C=O) groups excluding carboxylic acids is 1. The SMILES string of the molecule is CCN(CC)CC1CN(C(=O)CC(CSc2ccccc2)Nc2ccc(S(N)(=O)=O)cc2S(=O)(=O)C(F)(F)F)CCO1. The number of nitrogens with one attached hydrogen (secondary N) is 1. The predicted molar refractivity (Wildman–Crippen MR) is 154 cm³/mol. The van der Waals surface area contributed by atoms with E-state index < -0.39 is 46.9 Å². The number of amides is 1. The molecule has 0 spiro atoms. The number of anilines is 1. The average Bonchev–Trinajstić information content (AvgIpc) is 2.94. The van der Waals surface area contributed by atoms with Crippen molar-refractivity contribution in [2.75, 3.05) is 50.4 Å². The lowest BCUT2D eigenvalue weighted by Crippen LogP contribution is -2.50. The fourth-order valence-corrected chi connectivity index (χ4v) is 6.90. The van der Waals surface area contributed by atoms with E-state index in [2.05, 4.69) is 10.2 Å². The topological polar surface area (TPSA) is 139 Å². The summed E-state index contributed by atoms with van der Waals surface area (Å²) in [6.07, 6.45) is -0.373. The first-order chi connectivity index (χ1) is 19.7. The van der Waals surface area contributed by atoms with E-state index in [4.69, 9.17) is 9.88 Å². The highest BCUT2D eigenvalue weighted by molar-refractivity contribution is 7.99. The molecule has 1 aliphatic heterocycles. The highest BCUT2D eigenvalue weighted by Gasteiger charge is 2.48. The van der Waals surface area contributed by atoms with Crippen molar-refractivity contribution in [1.82, 2.24) is 9.80 Å². The van der Waals surface area contributed by atoms with Crippen molar-refractivity contribution >= 4 is 43.2 Å². The molecule has 2 atom stereocenters. The molecule has 234 valence electrons. The van der Waals surface area contributed by atoms with Crippen molar-refractivity contribution in [3.05, 3.63) is 48.5 Å². The van der Waals surface area contributed by atoms with Gasteiger partial charge in [-0.1, -0.05) is 32.0 Å². The van der Waals surface area contributed by atoms with Crippen LogP contribution in [0.15, 0.2) is 63.2 Å². The number of rotatable bonds is 13. The van der Waals surface area contributed by atoms with Gasteiger partial charge in [-0.05, 0) is 43.4 Å². The smallest absolute Gasteiger partial charge is 0.380 e. The van der Waals surface area contributed by atoms with Crippen molar-refractivity contribution in [1.29, 1.82) is 0 Å². The minimum Gasteiger partial charge on any atom is -0.380 e. The summed E-state index contributed by atoms with van der Waals surface area (Å²) in [5.41, 5.74) is -6.20. The van der Waals surface area contributed by atoms with Gasteiger partial charge < -0.3 is 19.9 Å². The van der Waals surface area contributed by atoms with Gasteiger partial charge >= 0.3 is 5.51 Å². The number of sulfone groups is 1. The number of ether oxygens (including phenoxy) is 1. The Bertz CT molecular complexity index is 1420. The monoisotopic (exact) mass is 652 g/mol. The molecule has 0 saturated carbocycles. The van der Waals surface area contributed by atoms with E-state index >= 15 is 0 Å². The van der Waals surface area contributed by atoms with Crippen LogP contribution in [0.25, 0.3) is 0 Å². The highest BCUT2D eigenvalue weighted by atomic mass is 32.2. The Balaban J connectivity index is 1.91. The molecule has 2 aromatic rings. The van der Waals surface area contributed by atoms with Crippen LogP contribution in [0.2, 0.25) is 0 Å². The number of thioether (sulfide) groups is 1. The van der Waals surface area contributed by atoms with Crippen LogP contribution in [0.3, 0.4) is 0 Å². The van der Waals surface area contributed by atoms with Crippen molar-refractivity contribution in [2.24, 2.45) is 5.14 Å². The number of hydrogen-bond acceptors (Lipinski definition) is 9. The summed E-state index contributed by atoms with van der Waals surface area (Å²) < 4.78 is 95.2. The summed E-state index contributed by atoms with van der Waals surface area (Å²) in [6, 6.07) is 10.5. The maximum atomic E-state index is 13.6. The number of hydrogen-bond donors (Lipinski definition) is 2. The quantitative estimate of drug-likeness (QED) is 0.313. The molecule has 1 fully saturated rings. The molecular weight excluding hydrogens is 618 g/mol. The molecule has 16 heteroatoms. The van der Waals surface area contributed by atoms with Gasteiger partial charge in [-0.3, -0.25) is 4.79 Å². The number of sulfonamides is 1. The summed E-state index contributed by atoms with van der Waals surface area (Å²) in [6.45, 7) is 7.33. The molecule has 10 nitrogen and oxygen atoms in total. The van der Waals surface area contributed by atoms with Crippen molar-refractivity contribution in [3.8, 4) is 0 Å². The molecule has 2 aromatic carbocycles. The second-order valence-corrected chi connectivity index (χ2v) is 14.2. The zero-order chi connectivity index (χ0) is 31.1. The van der Waals surface area contributed by atoms with Crippen molar-refractivity contribution in [2.45, 2.75) is 52.6 Å². The van der Waals surface area contributed by atoms with E-state index in [0.717, 1.165) is 30.1 Å². The zero-order valence-electron chi connectivity index (χ0n) is 23.2. The number of primary sulfonamides is 1. The van der Waals surface area contributed by atoms with Crippen LogP contribution in [0, 0.1) is 0 Å². The second-order valence-electron chi connectivity index (χ2n) is 9.64. The fraction of sp³-hybridized carbons (Fsp3) is 0.500. The first-order valence-electron chi connectivity index (χ1n) is 13.2. The average molecular weight is 653 g/mol. The van der Waals surface area contributed by atoms with Crippen LogP contribution in [0.1, 0.15) is 20.3 Å². The predicted octanol–water partition coefficient (Wildman–Crippen LogP) is 3.16. The molecular formula is C26H35F3N4O6S3. The lowest BCUT2D eigenvalue weighted by molar-refractivity contribution is -0.139. The number of carbonyl (C=O) groups is 1.